The molecule has 1 N–H and O–H groups in total. The van der Waals surface area contributed by atoms with Gasteiger partial charge in [-0.3, -0.25) is 9.69 Å². The third kappa shape index (κ3) is 3.13. The molecule has 0 radical (unpaired) electrons. The number of alkyl halides is 3. The van der Waals surface area contributed by atoms with Gasteiger partial charge < -0.3 is 10.0 Å². The molecule has 1 saturated carbocycles. The molecule has 6 nitrogen and oxygen atoms in total. The first-order valence-electron chi connectivity index (χ1n) is 9.23. The number of benzene rings is 2. The molecule has 31 heavy (non-hydrogen) atoms. The molecule has 1 aliphatic carbocycles. The van der Waals surface area contributed by atoms with Crippen LogP contribution in [0.25, 0.3) is 0 Å². The maximum Gasteiger partial charge on any atom is 0.417 e. The van der Waals surface area contributed by atoms with Gasteiger partial charge in [-0.1, -0.05) is 0 Å². The van der Waals surface area contributed by atoms with Crippen LogP contribution >= 0.6 is 12.2 Å². The Labute approximate surface area is 180 Å². The van der Waals surface area contributed by atoms with Crippen LogP contribution in [0.2, 0.25) is 0 Å². The number of carbonyl (C=O) groups is 2. The quantitative estimate of drug-likeness (QED) is 0.708. The molecule has 0 aromatic heterocycles. The maximum absolute atomic E-state index is 13.4. The molecular formula is C21H14F3N3O3S. The van der Waals surface area contributed by atoms with Crippen LogP contribution in [0.5, 0.6) is 0 Å². The molecular weight excluding hydrogens is 431 g/mol. The molecule has 10 heteroatoms. The lowest BCUT2D eigenvalue weighted by Gasteiger charge is -2.43. The number of carboxylic acid groups (broad SMARTS) is 1. The molecule has 2 aromatic carbocycles. The van der Waals surface area contributed by atoms with Gasteiger partial charge in [0.15, 0.2) is 5.11 Å². The van der Waals surface area contributed by atoms with Crippen molar-refractivity contribution in [3.63, 3.8) is 0 Å². The van der Waals surface area contributed by atoms with Crippen molar-refractivity contribution < 1.29 is 27.9 Å². The number of nitriles is 1. The predicted octanol–water partition coefficient (Wildman–Crippen LogP) is 4.34. The normalized spacial score (nSPS) is 17.6. The summed E-state index contributed by atoms with van der Waals surface area (Å²) >= 11 is 5.50. The zero-order chi connectivity index (χ0) is 22.6. The number of carbonyl (C=O) groups excluding carboxylic acids is 1. The van der Waals surface area contributed by atoms with E-state index in [0.29, 0.717) is 18.5 Å². The van der Waals surface area contributed by atoms with Gasteiger partial charge in [0.2, 0.25) is 0 Å². The fraction of sp³-hybridized carbons (Fsp3) is 0.238. The summed E-state index contributed by atoms with van der Waals surface area (Å²) in [6.07, 6.45) is -3.10. The molecule has 2 fully saturated rings. The highest BCUT2D eigenvalue weighted by Gasteiger charge is 2.59. The zero-order valence-electron chi connectivity index (χ0n) is 15.8. The zero-order valence-corrected chi connectivity index (χ0v) is 16.6. The number of carboxylic acids is 1. The average molecular weight is 445 g/mol. The molecule has 2 aliphatic rings. The first kappa shape index (κ1) is 20.8. The molecule has 1 heterocycles. The van der Waals surface area contributed by atoms with Gasteiger partial charge in [-0.15, -0.1) is 0 Å². The summed E-state index contributed by atoms with van der Waals surface area (Å²) in [5, 5.41) is 18.1. The van der Waals surface area contributed by atoms with Gasteiger partial charge >= 0.3 is 12.1 Å². The number of halogens is 3. The SMILES string of the molecule is N#Cc1ccc(N2C(=O)C3(CCC3)N(c3ccc(C(=O)O)cc3)C2=S)cc1C(F)(F)F. The Morgan fingerprint density at radius 1 is 1.13 bits per heavy atom. The minimum atomic E-state index is -4.77. The number of amides is 1. The van der Waals surface area contributed by atoms with Crippen LogP contribution in [0.4, 0.5) is 24.5 Å². The van der Waals surface area contributed by atoms with E-state index < -0.39 is 34.7 Å². The molecule has 0 bridgehead atoms. The van der Waals surface area contributed by atoms with E-state index >= 15 is 0 Å². The van der Waals surface area contributed by atoms with E-state index in [0.717, 1.165) is 23.5 Å². The van der Waals surface area contributed by atoms with Gasteiger partial charge in [0, 0.05) is 5.69 Å². The van der Waals surface area contributed by atoms with Gasteiger partial charge in [-0.05, 0) is 73.9 Å². The minimum Gasteiger partial charge on any atom is -0.478 e. The van der Waals surface area contributed by atoms with Gasteiger partial charge in [0.25, 0.3) is 5.91 Å². The fourth-order valence-electron chi connectivity index (χ4n) is 3.96. The molecule has 1 amide bonds. The standard InChI is InChI=1S/C21H14F3N3O3S/c22-21(23,24)16-10-15(7-4-13(16)11-25)26-18(30)20(8-1-9-20)27(19(26)31)14-5-2-12(3-6-14)17(28)29/h2-7,10H,1,8-9H2,(H,28,29). The highest BCUT2D eigenvalue weighted by molar-refractivity contribution is 7.81. The largest absolute Gasteiger partial charge is 0.478 e. The van der Waals surface area contributed by atoms with Crippen molar-refractivity contribution in [3.8, 4) is 6.07 Å². The first-order chi connectivity index (χ1) is 14.6. The van der Waals surface area contributed by atoms with E-state index in [9.17, 15) is 22.8 Å². The van der Waals surface area contributed by atoms with E-state index in [1.165, 1.54) is 36.4 Å². The van der Waals surface area contributed by atoms with E-state index in [1.807, 2.05) is 0 Å². The second-order valence-corrected chi connectivity index (χ2v) is 7.70. The average Bonchev–Trinajstić information content (AvgIpc) is 2.93. The van der Waals surface area contributed by atoms with Crippen LogP contribution < -0.4 is 9.80 Å². The molecule has 4 rings (SSSR count). The summed E-state index contributed by atoms with van der Waals surface area (Å²) in [7, 11) is 0. The Hall–Kier alpha value is -3.45. The molecule has 1 aliphatic heterocycles. The van der Waals surface area contributed by atoms with E-state index in [4.69, 9.17) is 22.6 Å². The highest BCUT2D eigenvalue weighted by Crippen LogP contribution is 2.48. The Balaban J connectivity index is 1.80. The lowest BCUT2D eigenvalue weighted by atomic mass is 9.75. The highest BCUT2D eigenvalue weighted by atomic mass is 32.1. The van der Waals surface area contributed by atoms with Crippen molar-refractivity contribution in [1.29, 1.82) is 5.26 Å². The summed E-state index contributed by atoms with van der Waals surface area (Å²) in [5.41, 5.74) is -2.24. The van der Waals surface area contributed by atoms with E-state index in [1.54, 1.807) is 4.90 Å². The number of rotatable bonds is 3. The monoisotopic (exact) mass is 445 g/mol. The second-order valence-electron chi connectivity index (χ2n) is 7.34. The van der Waals surface area contributed by atoms with Crippen LogP contribution in [0, 0.1) is 11.3 Å². The molecule has 1 spiro atoms. The van der Waals surface area contributed by atoms with Crippen molar-refractivity contribution in [1.82, 2.24) is 0 Å². The van der Waals surface area contributed by atoms with Crippen molar-refractivity contribution in [3.05, 3.63) is 59.2 Å². The minimum absolute atomic E-state index is 0.00519. The Morgan fingerprint density at radius 3 is 2.23 bits per heavy atom. The molecule has 1 saturated heterocycles. The molecule has 0 unspecified atom stereocenters. The maximum atomic E-state index is 13.4. The second kappa shape index (κ2) is 7.06. The molecule has 2 aromatic rings. The summed E-state index contributed by atoms with van der Waals surface area (Å²) in [5.74, 6) is -1.55. The Bertz CT molecular complexity index is 1150. The number of hydrogen-bond acceptors (Lipinski definition) is 4. The Kier molecular flexibility index (Phi) is 4.74. The van der Waals surface area contributed by atoms with Crippen LogP contribution in [0.3, 0.4) is 0 Å². The third-order valence-corrected chi connectivity index (χ3v) is 6.02. The lowest BCUT2D eigenvalue weighted by molar-refractivity contribution is -0.137. The van der Waals surface area contributed by atoms with Crippen molar-refractivity contribution >= 4 is 40.6 Å². The van der Waals surface area contributed by atoms with Gasteiger partial charge in [-0.25, -0.2) is 4.79 Å². The first-order valence-corrected chi connectivity index (χ1v) is 9.64. The molecule has 0 atom stereocenters. The number of thiocarbonyl (C=S) groups is 1. The summed E-state index contributed by atoms with van der Waals surface area (Å²) in [6, 6.07) is 10.4. The topological polar surface area (TPSA) is 84.6 Å². The van der Waals surface area contributed by atoms with Gasteiger partial charge in [-0.2, -0.15) is 18.4 Å². The van der Waals surface area contributed by atoms with Crippen LogP contribution in [-0.2, 0) is 11.0 Å². The number of nitrogens with zero attached hydrogens (tertiary/aromatic N) is 3. The number of anilines is 2. The lowest BCUT2D eigenvalue weighted by Crippen LogP contribution is -2.55. The Morgan fingerprint density at radius 2 is 1.74 bits per heavy atom. The summed E-state index contributed by atoms with van der Waals surface area (Å²) < 4.78 is 40.3. The molecule has 158 valence electrons. The van der Waals surface area contributed by atoms with Crippen LogP contribution in [0.15, 0.2) is 42.5 Å². The van der Waals surface area contributed by atoms with E-state index in [2.05, 4.69) is 0 Å². The predicted molar refractivity (Wildman–Crippen MR) is 109 cm³/mol. The van der Waals surface area contributed by atoms with Crippen LogP contribution in [0.1, 0.15) is 40.7 Å². The van der Waals surface area contributed by atoms with Crippen molar-refractivity contribution in [2.75, 3.05) is 9.80 Å². The smallest absolute Gasteiger partial charge is 0.417 e. The fourth-order valence-corrected chi connectivity index (χ4v) is 4.43. The number of aromatic carboxylic acids is 1. The van der Waals surface area contributed by atoms with Crippen LogP contribution in [-0.4, -0.2) is 27.6 Å². The third-order valence-electron chi connectivity index (χ3n) is 5.65. The van der Waals surface area contributed by atoms with E-state index in [-0.39, 0.29) is 16.4 Å². The number of hydrogen-bond donors (Lipinski definition) is 1. The van der Waals surface area contributed by atoms with Crippen molar-refractivity contribution in [2.24, 2.45) is 0 Å². The van der Waals surface area contributed by atoms with Gasteiger partial charge in [0.05, 0.1) is 28.4 Å². The van der Waals surface area contributed by atoms with Gasteiger partial charge in [0.1, 0.15) is 5.54 Å². The summed E-state index contributed by atoms with van der Waals surface area (Å²) in [6.45, 7) is 0. The van der Waals surface area contributed by atoms with Crippen molar-refractivity contribution in [2.45, 2.75) is 31.0 Å². The summed E-state index contributed by atoms with van der Waals surface area (Å²) in [4.78, 5) is 27.1.